The molecule has 3 N–H and O–H groups in total. The van der Waals surface area contributed by atoms with Crippen LogP contribution < -0.4 is 10.5 Å². The summed E-state index contributed by atoms with van der Waals surface area (Å²) in [5.41, 5.74) is 6.66. The highest BCUT2D eigenvalue weighted by Gasteiger charge is 2.18. The zero-order valence-corrected chi connectivity index (χ0v) is 12.4. The molecule has 0 aromatic heterocycles. The molecule has 8 heteroatoms. The first-order valence-electron chi connectivity index (χ1n) is 5.74. The van der Waals surface area contributed by atoms with Gasteiger partial charge in [-0.2, -0.15) is 0 Å². The monoisotopic (exact) mass is 332 g/mol. The third kappa shape index (κ3) is 3.25. The van der Waals surface area contributed by atoms with E-state index in [1.165, 1.54) is 12.1 Å². The van der Waals surface area contributed by atoms with Crippen LogP contribution in [0.4, 0.5) is 20.2 Å². The maximum absolute atomic E-state index is 13.1. The number of nitrogen functional groups attached to an aromatic ring is 1. The maximum Gasteiger partial charge on any atom is 0.262 e. The zero-order chi connectivity index (χ0) is 15.8. The van der Waals surface area contributed by atoms with Gasteiger partial charge in [0, 0.05) is 0 Å². The van der Waals surface area contributed by atoms with Crippen LogP contribution in [-0.2, 0) is 10.0 Å². The third-order valence-corrected chi connectivity index (χ3v) is 4.48. The fraction of sp³-hybridized carbons (Fsp3) is 0.0769. The number of hydrogen-bond acceptors (Lipinski definition) is 3. The van der Waals surface area contributed by atoms with Crippen LogP contribution in [0.2, 0.25) is 5.02 Å². The van der Waals surface area contributed by atoms with Gasteiger partial charge in [-0.1, -0.05) is 11.6 Å². The molecule has 0 amide bonds. The third-order valence-electron chi connectivity index (χ3n) is 2.79. The Hall–Kier alpha value is -1.86. The van der Waals surface area contributed by atoms with Gasteiger partial charge < -0.3 is 5.73 Å². The van der Waals surface area contributed by atoms with Crippen molar-refractivity contribution in [3.05, 3.63) is 52.6 Å². The summed E-state index contributed by atoms with van der Waals surface area (Å²) in [5, 5.41) is 0.184. The van der Waals surface area contributed by atoms with E-state index in [1.54, 1.807) is 6.92 Å². The highest BCUT2D eigenvalue weighted by Crippen LogP contribution is 2.28. The van der Waals surface area contributed by atoms with Crippen molar-refractivity contribution < 1.29 is 17.2 Å². The van der Waals surface area contributed by atoms with Crippen LogP contribution >= 0.6 is 11.6 Å². The SMILES string of the molecule is Cc1cc(N)c(Cl)cc1NS(=O)(=O)c1ccc(F)c(F)c1. The Bertz CT molecular complexity index is 810. The molecule has 0 saturated heterocycles. The normalized spacial score (nSPS) is 11.4. The van der Waals surface area contributed by atoms with Crippen LogP contribution in [0.3, 0.4) is 0 Å². The van der Waals surface area contributed by atoms with Gasteiger partial charge in [0.05, 0.1) is 21.3 Å². The van der Waals surface area contributed by atoms with E-state index in [4.69, 9.17) is 17.3 Å². The number of anilines is 2. The molecule has 21 heavy (non-hydrogen) atoms. The second kappa shape index (κ2) is 5.50. The van der Waals surface area contributed by atoms with Gasteiger partial charge in [0.2, 0.25) is 0 Å². The van der Waals surface area contributed by atoms with Crippen LogP contribution in [0.5, 0.6) is 0 Å². The average molecular weight is 333 g/mol. The fourth-order valence-corrected chi connectivity index (χ4v) is 2.96. The lowest BCUT2D eigenvalue weighted by Crippen LogP contribution is -2.14. The Kier molecular flexibility index (Phi) is 4.06. The van der Waals surface area contributed by atoms with E-state index in [2.05, 4.69) is 4.72 Å². The molecule has 0 bridgehead atoms. The Labute approximate surface area is 125 Å². The van der Waals surface area contributed by atoms with Crippen molar-refractivity contribution in [2.75, 3.05) is 10.5 Å². The molecular weight excluding hydrogens is 322 g/mol. The molecule has 2 aromatic carbocycles. The van der Waals surface area contributed by atoms with Crippen LogP contribution in [0, 0.1) is 18.6 Å². The molecule has 2 rings (SSSR count). The van der Waals surface area contributed by atoms with Crippen molar-refractivity contribution in [2.24, 2.45) is 0 Å². The van der Waals surface area contributed by atoms with Gasteiger partial charge in [-0.05, 0) is 42.8 Å². The summed E-state index contributed by atoms with van der Waals surface area (Å²) >= 11 is 5.84. The minimum Gasteiger partial charge on any atom is -0.398 e. The van der Waals surface area contributed by atoms with E-state index in [0.29, 0.717) is 17.3 Å². The van der Waals surface area contributed by atoms with Gasteiger partial charge in [-0.3, -0.25) is 4.72 Å². The minimum absolute atomic E-state index is 0.184. The van der Waals surface area contributed by atoms with Crippen molar-refractivity contribution >= 4 is 33.0 Å². The van der Waals surface area contributed by atoms with E-state index in [0.717, 1.165) is 12.1 Å². The standard InChI is InChI=1S/C13H11ClF2N2O2S/c1-7-4-12(17)9(14)6-13(7)18-21(19,20)8-2-3-10(15)11(16)5-8/h2-6,18H,17H2,1H3. The zero-order valence-electron chi connectivity index (χ0n) is 10.8. The molecule has 0 aliphatic rings. The lowest BCUT2D eigenvalue weighted by molar-refractivity contribution is 0.504. The average Bonchev–Trinajstić information content (AvgIpc) is 2.39. The summed E-state index contributed by atoms with van der Waals surface area (Å²) < 4.78 is 52.5. The van der Waals surface area contributed by atoms with E-state index < -0.39 is 26.6 Å². The van der Waals surface area contributed by atoms with Gasteiger partial charge in [-0.15, -0.1) is 0 Å². The lowest BCUT2D eigenvalue weighted by Gasteiger charge is -2.12. The van der Waals surface area contributed by atoms with E-state index in [9.17, 15) is 17.2 Å². The molecule has 0 radical (unpaired) electrons. The molecule has 112 valence electrons. The Morgan fingerprint density at radius 1 is 1.14 bits per heavy atom. The fourth-order valence-electron chi connectivity index (χ4n) is 1.66. The van der Waals surface area contributed by atoms with Gasteiger partial charge in [0.15, 0.2) is 11.6 Å². The molecular formula is C13H11ClF2N2O2S. The summed E-state index contributed by atoms with van der Waals surface area (Å²) in [5.74, 6) is -2.37. The molecule has 2 aromatic rings. The summed E-state index contributed by atoms with van der Waals surface area (Å²) in [6, 6.07) is 5.17. The molecule has 0 fully saturated rings. The summed E-state index contributed by atoms with van der Waals surface area (Å²) in [4.78, 5) is -0.395. The number of sulfonamides is 1. The predicted molar refractivity (Wildman–Crippen MR) is 77.8 cm³/mol. The topological polar surface area (TPSA) is 72.2 Å². The van der Waals surface area contributed by atoms with Crippen molar-refractivity contribution in [1.82, 2.24) is 0 Å². The number of benzene rings is 2. The molecule has 0 spiro atoms. The second-order valence-corrected chi connectivity index (χ2v) is 6.46. The van der Waals surface area contributed by atoms with Crippen LogP contribution in [0.25, 0.3) is 0 Å². The van der Waals surface area contributed by atoms with Gasteiger partial charge in [0.25, 0.3) is 10.0 Å². The maximum atomic E-state index is 13.1. The Morgan fingerprint density at radius 3 is 2.43 bits per heavy atom. The van der Waals surface area contributed by atoms with Gasteiger partial charge in [-0.25, -0.2) is 17.2 Å². The quantitative estimate of drug-likeness (QED) is 0.847. The van der Waals surface area contributed by atoms with Crippen molar-refractivity contribution in [2.45, 2.75) is 11.8 Å². The highest BCUT2D eigenvalue weighted by atomic mass is 35.5. The van der Waals surface area contributed by atoms with Crippen molar-refractivity contribution in [1.29, 1.82) is 0 Å². The summed E-state index contributed by atoms with van der Waals surface area (Å²) in [6.45, 7) is 1.63. The van der Waals surface area contributed by atoms with E-state index in [1.807, 2.05) is 0 Å². The van der Waals surface area contributed by atoms with Gasteiger partial charge >= 0.3 is 0 Å². The van der Waals surface area contributed by atoms with Crippen molar-refractivity contribution in [3.8, 4) is 0 Å². The molecule has 0 saturated carbocycles. The largest absolute Gasteiger partial charge is 0.398 e. The lowest BCUT2D eigenvalue weighted by atomic mass is 10.2. The molecule has 0 heterocycles. The number of halogens is 3. The number of rotatable bonds is 3. The Balaban J connectivity index is 2.42. The molecule has 0 atom stereocenters. The summed E-state index contributed by atoms with van der Waals surface area (Å²) in [7, 11) is -4.06. The number of aryl methyl sites for hydroxylation is 1. The van der Waals surface area contributed by atoms with Crippen LogP contribution in [0.15, 0.2) is 35.2 Å². The Morgan fingerprint density at radius 2 is 1.81 bits per heavy atom. The smallest absolute Gasteiger partial charge is 0.262 e. The highest BCUT2D eigenvalue weighted by molar-refractivity contribution is 7.92. The van der Waals surface area contributed by atoms with Gasteiger partial charge in [0.1, 0.15) is 0 Å². The van der Waals surface area contributed by atoms with Crippen LogP contribution in [-0.4, -0.2) is 8.42 Å². The van der Waals surface area contributed by atoms with E-state index in [-0.39, 0.29) is 10.7 Å². The molecule has 0 aliphatic carbocycles. The van der Waals surface area contributed by atoms with E-state index >= 15 is 0 Å². The summed E-state index contributed by atoms with van der Waals surface area (Å²) in [6.07, 6.45) is 0. The first-order chi connectivity index (χ1) is 9.70. The molecule has 0 aliphatic heterocycles. The van der Waals surface area contributed by atoms with Crippen LogP contribution in [0.1, 0.15) is 5.56 Å². The number of hydrogen-bond donors (Lipinski definition) is 2. The second-order valence-electron chi connectivity index (χ2n) is 4.37. The first kappa shape index (κ1) is 15.5. The molecule has 4 nitrogen and oxygen atoms in total. The minimum atomic E-state index is -4.06. The molecule has 0 unspecified atom stereocenters. The predicted octanol–water partition coefficient (Wildman–Crippen LogP) is 3.31. The van der Waals surface area contributed by atoms with Crippen molar-refractivity contribution in [3.63, 3.8) is 0 Å². The first-order valence-corrected chi connectivity index (χ1v) is 7.60. The number of nitrogens with two attached hydrogens (primary N) is 1. The number of nitrogens with one attached hydrogen (secondary N) is 1.